The molecule has 1 fully saturated rings. The first-order valence-corrected chi connectivity index (χ1v) is 11.8. The average Bonchev–Trinajstić information content (AvgIpc) is 2.88. The Labute approximate surface area is 220 Å². The third-order valence-electron chi connectivity index (χ3n) is 6.50. The second kappa shape index (κ2) is 10.8. The third kappa shape index (κ3) is 5.18. The fraction of sp³-hybridized carbons (Fsp3) is 0.214. The van der Waals surface area contributed by atoms with Gasteiger partial charge in [-0.3, -0.25) is 0 Å². The minimum absolute atomic E-state index is 0. The predicted octanol–water partition coefficient (Wildman–Crippen LogP) is 5.86. The Hall–Kier alpha value is -4.22. The number of carbonyl (C=O) groups is 1. The van der Waals surface area contributed by atoms with Crippen molar-refractivity contribution >= 4 is 40.7 Å². The Kier molecular flexibility index (Phi) is 7.55. The molecule has 0 bridgehead atoms. The van der Waals surface area contributed by atoms with Gasteiger partial charge in [0.2, 0.25) is 0 Å². The molecule has 9 heteroatoms. The number of hydrogen-bond donors (Lipinski definition) is 1. The normalized spacial score (nSPS) is 17.1. The van der Waals surface area contributed by atoms with Gasteiger partial charge >= 0.3 is 6.03 Å². The van der Waals surface area contributed by atoms with Crippen LogP contribution in [0.25, 0.3) is 22.0 Å². The lowest BCUT2D eigenvalue weighted by molar-refractivity contribution is 0.153. The van der Waals surface area contributed by atoms with Crippen molar-refractivity contribution < 1.29 is 9.18 Å². The van der Waals surface area contributed by atoms with Gasteiger partial charge in [-0.25, -0.2) is 9.18 Å². The summed E-state index contributed by atoms with van der Waals surface area (Å²) in [6.07, 6.45) is 0. The number of benzene rings is 3. The zero-order chi connectivity index (χ0) is 25.2. The van der Waals surface area contributed by atoms with Gasteiger partial charge in [-0.1, -0.05) is 24.3 Å². The molecule has 1 aliphatic rings. The highest BCUT2D eigenvalue weighted by atomic mass is 35.5. The molecule has 37 heavy (non-hydrogen) atoms. The molecule has 5 rings (SSSR count). The highest BCUT2D eigenvalue weighted by molar-refractivity contribution is 6.00. The van der Waals surface area contributed by atoms with Crippen molar-refractivity contribution in [2.45, 2.75) is 25.9 Å². The zero-order valence-electron chi connectivity index (χ0n) is 20.4. The molecular weight excluding hydrogens is 491 g/mol. The van der Waals surface area contributed by atoms with Crippen molar-refractivity contribution in [3.8, 4) is 17.3 Å². The molecule has 188 valence electrons. The maximum absolute atomic E-state index is 13.5. The Morgan fingerprint density at radius 2 is 1.57 bits per heavy atom. The molecule has 2 atom stereocenters. The van der Waals surface area contributed by atoms with Crippen molar-refractivity contribution in [3.05, 3.63) is 84.2 Å². The van der Waals surface area contributed by atoms with Crippen LogP contribution in [-0.4, -0.2) is 46.3 Å². The van der Waals surface area contributed by atoms with Gasteiger partial charge in [0.25, 0.3) is 0 Å². The lowest BCUT2D eigenvalue weighted by Gasteiger charge is -2.44. The summed E-state index contributed by atoms with van der Waals surface area (Å²) in [4.78, 5) is 17.1. The lowest BCUT2D eigenvalue weighted by Crippen LogP contribution is -2.60. The number of aromatic nitrogens is 2. The van der Waals surface area contributed by atoms with Crippen LogP contribution in [0.3, 0.4) is 0 Å². The van der Waals surface area contributed by atoms with E-state index in [1.54, 1.807) is 36.4 Å². The molecule has 3 aromatic carbocycles. The molecule has 2 amide bonds. The second-order valence-electron chi connectivity index (χ2n) is 9.05. The van der Waals surface area contributed by atoms with Crippen molar-refractivity contribution in [2.75, 3.05) is 23.3 Å². The smallest absolute Gasteiger partial charge is 0.322 e. The largest absolute Gasteiger partial charge is 0.351 e. The topological polar surface area (TPSA) is 85.2 Å². The summed E-state index contributed by atoms with van der Waals surface area (Å²) in [7, 11) is 0. The van der Waals surface area contributed by atoms with Crippen LogP contribution in [0.5, 0.6) is 0 Å². The highest BCUT2D eigenvalue weighted by Crippen LogP contribution is 2.33. The lowest BCUT2D eigenvalue weighted by atomic mass is 10.0. The molecule has 0 aliphatic carbocycles. The van der Waals surface area contributed by atoms with Gasteiger partial charge in [-0.15, -0.1) is 22.6 Å². The summed E-state index contributed by atoms with van der Waals surface area (Å²) >= 11 is 0. The van der Waals surface area contributed by atoms with E-state index < -0.39 is 0 Å². The summed E-state index contributed by atoms with van der Waals surface area (Å²) in [6, 6.07) is 22.8. The molecule has 0 saturated carbocycles. The number of carbonyl (C=O) groups excluding carboxylic acids is 1. The molecule has 1 N–H and O–H groups in total. The Morgan fingerprint density at radius 3 is 2.19 bits per heavy atom. The van der Waals surface area contributed by atoms with Gasteiger partial charge in [-0.2, -0.15) is 5.26 Å². The Morgan fingerprint density at radius 1 is 0.946 bits per heavy atom. The summed E-state index contributed by atoms with van der Waals surface area (Å²) < 4.78 is 13.5. The average molecular weight is 517 g/mol. The molecule has 0 spiro atoms. The number of halogens is 2. The molecule has 2 heterocycles. The second-order valence-corrected chi connectivity index (χ2v) is 9.05. The molecule has 1 aromatic heterocycles. The van der Waals surface area contributed by atoms with E-state index in [1.807, 2.05) is 43.0 Å². The zero-order valence-corrected chi connectivity index (χ0v) is 21.2. The maximum Gasteiger partial charge on any atom is 0.322 e. The first-order chi connectivity index (χ1) is 17.4. The number of urea groups is 1. The van der Waals surface area contributed by atoms with Crippen LogP contribution >= 0.6 is 12.4 Å². The summed E-state index contributed by atoms with van der Waals surface area (Å²) in [6.45, 7) is 5.23. The van der Waals surface area contributed by atoms with Gasteiger partial charge in [0.1, 0.15) is 11.5 Å². The molecule has 0 radical (unpaired) electrons. The standard InChI is InChI=1S/C28H25FN6O.ClH/c1-18-16-34(17-19(2)35(18)28(36)31-23-13-7-20(15-30)8-14-23)27-25-6-4-3-5-24(25)26(32-33-27)21-9-11-22(29)12-10-21;/h3-14,18-19H,16-17H2,1-2H3,(H,31,36);1H/t18-,19+;. The number of piperazine rings is 1. The number of fused-ring (bicyclic) bond motifs is 1. The van der Waals surface area contributed by atoms with E-state index in [4.69, 9.17) is 5.26 Å². The third-order valence-corrected chi connectivity index (χ3v) is 6.50. The predicted molar refractivity (Wildman–Crippen MR) is 145 cm³/mol. The van der Waals surface area contributed by atoms with Gasteiger partial charge in [0.05, 0.1) is 11.6 Å². The van der Waals surface area contributed by atoms with Crippen LogP contribution in [0.1, 0.15) is 19.4 Å². The Balaban J connectivity index is 0.00000320. The molecule has 7 nitrogen and oxygen atoms in total. The minimum atomic E-state index is -0.295. The number of nitrogens with one attached hydrogen (secondary N) is 1. The fourth-order valence-corrected chi connectivity index (χ4v) is 4.86. The SMILES string of the molecule is C[C@@H]1CN(c2nnc(-c3ccc(F)cc3)c3ccccc23)C[C@H](C)N1C(=O)Nc1ccc(C#N)cc1.Cl. The van der Waals surface area contributed by atoms with E-state index >= 15 is 0 Å². The van der Waals surface area contributed by atoms with Gasteiger partial charge in [-0.05, 0) is 62.4 Å². The van der Waals surface area contributed by atoms with E-state index in [0.29, 0.717) is 30.0 Å². The number of rotatable bonds is 3. The number of anilines is 2. The molecular formula is C28H26ClFN6O. The monoisotopic (exact) mass is 516 g/mol. The van der Waals surface area contributed by atoms with Crippen LogP contribution in [0.15, 0.2) is 72.8 Å². The van der Waals surface area contributed by atoms with E-state index in [1.165, 1.54) is 12.1 Å². The molecule has 4 aromatic rings. The number of nitriles is 1. The van der Waals surface area contributed by atoms with Crippen LogP contribution in [0.2, 0.25) is 0 Å². The van der Waals surface area contributed by atoms with Crippen LogP contribution < -0.4 is 10.2 Å². The van der Waals surface area contributed by atoms with E-state index in [2.05, 4.69) is 26.5 Å². The molecule has 0 unspecified atom stereocenters. The minimum Gasteiger partial charge on any atom is -0.351 e. The first-order valence-electron chi connectivity index (χ1n) is 11.8. The van der Waals surface area contributed by atoms with E-state index in [9.17, 15) is 9.18 Å². The first kappa shape index (κ1) is 25.9. The van der Waals surface area contributed by atoms with E-state index in [-0.39, 0.29) is 36.3 Å². The Bertz CT molecular complexity index is 1440. The van der Waals surface area contributed by atoms with Crippen LogP contribution in [0, 0.1) is 17.1 Å². The quantitative estimate of drug-likeness (QED) is 0.368. The van der Waals surface area contributed by atoms with Gasteiger partial charge in [0.15, 0.2) is 5.82 Å². The number of hydrogen-bond acceptors (Lipinski definition) is 5. The van der Waals surface area contributed by atoms with Crippen molar-refractivity contribution in [1.82, 2.24) is 15.1 Å². The van der Waals surface area contributed by atoms with Gasteiger partial charge < -0.3 is 15.1 Å². The number of amides is 2. The van der Waals surface area contributed by atoms with Crippen molar-refractivity contribution in [1.29, 1.82) is 5.26 Å². The summed E-state index contributed by atoms with van der Waals surface area (Å²) in [5, 5.41) is 22.9. The van der Waals surface area contributed by atoms with Crippen LogP contribution in [-0.2, 0) is 0 Å². The van der Waals surface area contributed by atoms with Crippen molar-refractivity contribution in [3.63, 3.8) is 0 Å². The summed E-state index contributed by atoms with van der Waals surface area (Å²) in [5.41, 5.74) is 2.70. The van der Waals surface area contributed by atoms with Crippen LogP contribution in [0.4, 0.5) is 20.7 Å². The van der Waals surface area contributed by atoms with Crippen molar-refractivity contribution in [2.24, 2.45) is 0 Å². The molecule has 1 aliphatic heterocycles. The van der Waals surface area contributed by atoms with E-state index in [0.717, 1.165) is 22.2 Å². The van der Waals surface area contributed by atoms with Gasteiger partial charge in [0, 0.05) is 47.2 Å². The highest BCUT2D eigenvalue weighted by Gasteiger charge is 2.34. The summed E-state index contributed by atoms with van der Waals surface area (Å²) in [5.74, 6) is 0.471. The number of nitrogens with zero attached hydrogens (tertiary/aromatic N) is 5. The fourth-order valence-electron chi connectivity index (χ4n) is 4.86. The molecule has 1 saturated heterocycles. The maximum atomic E-state index is 13.5.